The van der Waals surface area contributed by atoms with Gasteiger partial charge in [0.05, 0.1) is 7.11 Å². The highest BCUT2D eigenvalue weighted by Crippen LogP contribution is 2.29. The van der Waals surface area contributed by atoms with Gasteiger partial charge in [0.1, 0.15) is 5.75 Å². The summed E-state index contributed by atoms with van der Waals surface area (Å²) in [5.74, 6) is 0.686. The van der Waals surface area contributed by atoms with Crippen molar-refractivity contribution in [1.29, 1.82) is 0 Å². The molecule has 0 saturated carbocycles. The molecule has 0 aliphatic carbocycles. The van der Waals surface area contributed by atoms with Gasteiger partial charge in [-0.15, -0.1) is 0 Å². The summed E-state index contributed by atoms with van der Waals surface area (Å²) in [4.78, 5) is 11.0. The van der Waals surface area contributed by atoms with E-state index >= 15 is 0 Å². The van der Waals surface area contributed by atoms with Crippen LogP contribution in [0, 0.1) is 0 Å². The number of carbonyl (C=O) groups excluding carboxylic acids is 1. The van der Waals surface area contributed by atoms with Gasteiger partial charge >= 0.3 is 5.97 Å². The predicted molar refractivity (Wildman–Crippen MR) is 65.7 cm³/mol. The highest BCUT2D eigenvalue weighted by Gasteiger charge is 2.10. The number of rotatable bonds is 4. The lowest BCUT2D eigenvalue weighted by Crippen LogP contribution is -2.13. The molecule has 1 aromatic rings. The summed E-state index contributed by atoms with van der Waals surface area (Å²) < 4.78 is 10.9. The van der Waals surface area contributed by atoms with Gasteiger partial charge in [-0.3, -0.25) is 0 Å². The van der Waals surface area contributed by atoms with E-state index in [1.807, 2.05) is 18.2 Å². The van der Waals surface area contributed by atoms with E-state index in [0.717, 1.165) is 15.8 Å². The smallest absolute Gasteiger partial charge is 0.343 e. The van der Waals surface area contributed by atoms with E-state index < -0.39 is 0 Å². The van der Waals surface area contributed by atoms with E-state index in [1.165, 1.54) is 7.11 Å². The Labute approximate surface area is 104 Å². The van der Waals surface area contributed by atoms with Crippen LogP contribution in [-0.2, 0) is 9.53 Å². The third-order valence-corrected chi connectivity index (χ3v) is 2.66. The molecule has 0 atom stereocenters. The predicted octanol–water partition coefficient (Wildman–Crippen LogP) is 3.12. The molecule has 4 heteroatoms. The van der Waals surface area contributed by atoms with E-state index in [4.69, 9.17) is 4.74 Å². The van der Waals surface area contributed by atoms with Crippen LogP contribution in [0.15, 0.2) is 22.7 Å². The van der Waals surface area contributed by atoms with E-state index in [9.17, 15) is 4.79 Å². The minimum atomic E-state index is -0.377. The fourth-order valence-electron chi connectivity index (χ4n) is 1.30. The van der Waals surface area contributed by atoms with Gasteiger partial charge in [-0.05, 0) is 29.7 Å². The normalized spacial score (nSPS) is 10.3. The van der Waals surface area contributed by atoms with Gasteiger partial charge in [-0.1, -0.05) is 29.8 Å². The first kappa shape index (κ1) is 13.0. The number of methoxy groups -OCH3 is 1. The van der Waals surface area contributed by atoms with Gasteiger partial charge in [-0.25, -0.2) is 4.79 Å². The van der Waals surface area contributed by atoms with Crippen molar-refractivity contribution in [3.8, 4) is 5.75 Å². The Bertz CT molecular complexity index is 375. The molecule has 0 saturated heterocycles. The molecule has 0 radical (unpaired) electrons. The van der Waals surface area contributed by atoms with Gasteiger partial charge in [0, 0.05) is 4.47 Å². The van der Waals surface area contributed by atoms with Crippen molar-refractivity contribution in [3.05, 3.63) is 28.2 Å². The largest absolute Gasteiger partial charge is 0.482 e. The van der Waals surface area contributed by atoms with E-state index in [0.29, 0.717) is 5.92 Å². The molecule has 16 heavy (non-hydrogen) atoms. The molecular formula is C12H15BrO3. The van der Waals surface area contributed by atoms with Crippen molar-refractivity contribution in [1.82, 2.24) is 0 Å². The van der Waals surface area contributed by atoms with E-state index in [1.54, 1.807) is 0 Å². The van der Waals surface area contributed by atoms with Crippen molar-refractivity contribution in [2.45, 2.75) is 19.8 Å². The lowest BCUT2D eigenvalue weighted by molar-refractivity contribution is -0.142. The monoisotopic (exact) mass is 286 g/mol. The molecule has 0 amide bonds. The second kappa shape index (κ2) is 5.89. The number of ether oxygens (including phenoxy) is 2. The topological polar surface area (TPSA) is 35.5 Å². The van der Waals surface area contributed by atoms with Crippen LogP contribution in [0.4, 0.5) is 0 Å². The zero-order valence-corrected chi connectivity index (χ0v) is 11.2. The van der Waals surface area contributed by atoms with Gasteiger partial charge in [0.25, 0.3) is 0 Å². The molecule has 0 spiro atoms. The van der Waals surface area contributed by atoms with Crippen LogP contribution < -0.4 is 4.74 Å². The first-order valence-corrected chi connectivity index (χ1v) is 5.83. The molecule has 0 heterocycles. The summed E-state index contributed by atoms with van der Waals surface area (Å²) in [6.45, 7) is 4.09. The molecule has 0 aliphatic rings. The van der Waals surface area contributed by atoms with Gasteiger partial charge in [-0.2, -0.15) is 0 Å². The number of halogens is 1. The zero-order chi connectivity index (χ0) is 12.1. The number of carbonyl (C=O) groups is 1. The van der Waals surface area contributed by atoms with Crippen molar-refractivity contribution in [3.63, 3.8) is 0 Å². The molecule has 0 unspecified atom stereocenters. The van der Waals surface area contributed by atoms with Crippen LogP contribution in [-0.4, -0.2) is 19.7 Å². The fourth-order valence-corrected chi connectivity index (χ4v) is 1.68. The first-order valence-electron chi connectivity index (χ1n) is 5.03. The van der Waals surface area contributed by atoms with Crippen LogP contribution in [0.1, 0.15) is 25.3 Å². The van der Waals surface area contributed by atoms with Gasteiger partial charge in [0.2, 0.25) is 0 Å². The number of hydrogen-bond acceptors (Lipinski definition) is 3. The summed E-state index contributed by atoms with van der Waals surface area (Å²) in [7, 11) is 1.34. The summed E-state index contributed by atoms with van der Waals surface area (Å²) in [5.41, 5.74) is 1.07. The molecule has 0 aromatic heterocycles. The lowest BCUT2D eigenvalue weighted by Gasteiger charge is -2.13. The maximum absolute atomic E-state index is 11.0. The average molecular weight is 287 g/mol. The van der Waals surface area contributed by atoms with Crippen molar-refractivity contribution < 1.29 is 14.3 Å². The molecule has 3 nitrogen and oxygen atoms in total. The Morgan fingerprint density at radius 2 is 2.12 bits per heavy atom. The Morgan fingerprint density at radius 3 is 2.69 bits per heavy atom. The minimum absolute atomic E-state index is 0.0577. The number of esters is 1. The van der Waals surface area contributed by atoms with E-state index in [-0.39, 0.29) is 12.6 Å². The second-order valence-corrected chi connectivity index (χ2v) is 4.62. The molecule has 0 aliphatic heterocycles. The quantitative estimate of drug-likeness (QED) is 0.798. The standard InChI is InChI=1S/C12H15BrO3/c1-8(2)10-6-9(13)4-5-11(10)16-7-12(14)15-3/h4-6,8H,7H2,1-3H3. The Morgan fingerprint density at radius 1 is 1.44 bits per heavy atom. The highest BCUT2D eigenvalue weighted by molar-refractivity contribution is 9.10. The molecular weight excluding hydrogens is 272 g/mol. The third-order valence-electron chi connectivity index (χ3n) is 2.17. The molecule has 1 rings (SSSR count). The SMILES string of the molecule is COC(=O)COc1ccc(Br)cc1C(C)C. The Balaban J connectivity index is 2.82. The Kier molecular flexibility index (Phi) is 4.80. The van der Waals surface area contributed by atoms with Crippen LogP contribution in [0.2, 0.25) is 0 Å². The summed E-state index contributed by atoms with van der Waals surface area (Å²) in [5, 5.41) is 0. The average Bonchev–Trinajstić information content (AvgIpc) is 2.26. The molecule has 0 fully saturated rings. The molecule has 0 bridgehead atoms. The second-order valence-electron chi connectivity index (χ2n) is 3.70. The van der Waals surface area contributed by atoms with Crippen molar-refractivity contribution >= 4 is 21.9 Å². The molecule has 0 N–H and O–H groups in total. The summed E-state index contributed by atoms with van der Waals surface area (Å²) >= 11 is 3.41. The fraction of sp³-hybridized carbons (Fsp3) is 0.417. The van der Waals surface area contributed by atoms with Crippen LogP contribution in [0.5, 0.6) is 5.75 Å². The maximum atomic E-state index is 11.0. The third kappa shape index (κ3) is 3.52. The van der Waals surface area contributed by atoms with Crippen molar-refractivity contribution in [2.24, 2.45) is 0 Å². The molecule has 88 valence electrons. The zero-order valence-electron chi connectivity index (χ0n) is 9.62. The summed E-state index contributed by atoms with van der Waals surface area (Å²) in [6.07, 6.45) is 0. The van der Waals surface area contributed by atoms with E-state index in [2.05, 4.69) is 34.5 Å². The molecule has 1 aromatic carbocycles. The maximum Gasteiger partial charge on any atom is 0.343 e. The lowest BCUT2D eigenvalue weighted by atomic mass is 10.0. The van der Waals surface area contributed by atoms with Crippen LogP contribution in [0.25, 0.3) is 0 Å². The van der Waals surface area contributed by atoms with Crippen LogP contribution in [0.3, 0.4) is 0 Å². The number of hydrogen-bond donors (Lipinski definition) is 0. The Hall–Kier alpha value is -1.03. The van der Waals surface area contributed by atoms with Crippen LogP contribution >= 0.6 is 15.9 Å². The van der Waals surface area contributed by atoms with Gasteiger partial charge < -0.3 is 9.47 Å². The highest BCUT2D eigenvalue weighted by atomic mass is 79.9. The number of benzene rings is 1. The van der Waals surface area contributed by atoms with Crippen molar-refractivity contribution in [2.75, 3.05) is 13.7 Å². The van der Waals surface area contributed by atoms with Gasteiger partial charge in [0.15, 0.2) is 6.61 Å². The minimum Gasteiger partial charge on any atom is -0.482 e. The first-order chi connectivity index (χ1) is 7.54. The summed E-state index contributed by atoms with van der Waals surface area (Å²) in [6, 6.07) is 5.73.